The van der Waals surface area contributed by atoms with E-state index in [1.807, 2.05) is 27.9 Å². The van der Waals surface area contributed by atoms with Gasteiger partial charge >= 0.3 is 22.7 Å². The third kappa shape index (κ3) is 14.6. The van der Waals surface area contributed by atoms with E-state index in [9.17, 15) is 17.7 Å². The van der Waals surface area contributed by atoms with Gasteiger partial charge in [0.1, 0.15) is 34.2 Å². The Morgan fingerprint density at radius 3 is 1.58 bits per heavy atom. The predicted octanol–water partition coefficient (Wildman–Crippen LogP) is 5.53. The van der Waals surface area contributed by atoms with Crippen LogP contribution in [-0.2, 0) is 30.4 Å². The number of fused-ring (bicyclic) bond motifs is 4. The molecule has 350 valence electrons. The molecule has 0 N–H and O–H groups in total. The molecule has 0 fully saturated rings. The van der Waals surface area contributed by atoms with Crippen molar-refractivity contribution in [2.45, 2.75) is 46.7 Å². The number of aliphatic carboxylic acids is 1. The third-order valence-corrected chi connectivity index (χ3v) is 10.8. The Labute approximate surface area is 391 Å². The van der Waals surface area contributed by atoms with Crippen LogP contribution in [-0.4, -0.2) is 68.0 Å². The molecule has 0 heterocycles. The summed E-state index contributed by atoms with van der Waals surface area (Å²) in [5.41, 5.74) is 9.80. The Hall–Kier alpha value is -4.75. The smallest absolute Gasteiger partial charge is 0.542 e. The number of benzene rings is 6. The minimum absolute atomic E-state index is 0. The number of carboxylic acid groups (broad SMARTS) is 1. The van der Waals surface area contributed by atoms with Crippen molar-refractivity contribution < 1.29 is 86.7 Å². The zero-order valence-corrected chi connectivity index (χ0v) is 40.4. The van der Waals surface area contributed by atoms with Crippen LogP contribution < -0.4 is 29.0 Å². The SMILES string of the molecule is CO[PH](=O)c1c2c3c(cccc3c3cc(C)ccc13)C(=[N+](C)C)C=C2.Cc1ccc2cc3c4c(cccc4c2c1)C(=[N+](C)C)C=C3.O=C([O-])C(F)(F)F.[CH2-]CC.[CH2-]CC.[Ni+2].[O-][Cl+3]([O-])([O-])[O-]. The summed E-state index contributed by atoms with van der Waals surface area (Å²) in [5, 5.41) is 19.5. The van der Waals surface area contributed by atoms with Gasteiger partial charge in [-0.15, -0.1) is 10.2 Å². The van der Waals surface area contributed by atoms with E-state index in [4.69, 9.17) is 33.1 Å². The van der Waals surface area contributed by atoms with Crippen molar-refractivity contribution >= 4 is 86.0 Å². The van der Waals surface area contributed by atoms with Gasteiger partial charge in [-0.25, -0.2) is 27.8 Å². The molecule has 0 saturated carbocycles. The molecule has 1 atom stereocenters. The van der Waals surface area contributed by atoms with Gasteiger partial charge in [-0.1, -0.05) is 85.6 Å². The summed E-state index contributed by atoms with van der Waals surface area (Å²) in [5.74, 6) is -3.01. The molecule has 6 aromatic carbocycles. The van der Waals surface area contributed by atoms with E-state index in [-0.39, 0.29) is 16.5 Å². The Kier molecular flexibility index (Phi) is 21.4. The first-order valence-electron chi connectivity index (χ1n) is 19.9. The molecule has 2 aliphatic rings. The van der Waals surface area contributed by atoms with Crippen LogP contribution in [0.5, 0.6) is 0 Å². The molecule has 1 unspecified atom stereocenters. The number of carboxylic acids is 1. The number of nitrogens with zero attached hydrogens (tertiary/aromatic N) is 2. The van der Waals surface area contributed by atoms with Gasteiger partial charge in [0.25, 0.3) is 0 Å². The molecule has 0 bridgehead atoms. The van der Waals surface area contributed by atoms with Crippen molar-refractivity contribution in [1.29, 1.82) is 0 Å². The number of halogens is 4. The predicted molar refractivity (Wildman–Crippen MR) is 241 cm³/mol. The molecule has 0 aromatic heterocycles. The van der Waals surface area contributed by atoms with Crippen molar-refractivity contribution in [3.63, 3.8) is 0 Å². The van der Waals surface area contributed by atoms with Crippen LogP contribution in [0.2, 0.25) is 0 Å². The second kappa shape index (κ2) is 24.7. The normalized spacial score (nSPS) is 12.5. The average Bonchev–Trinajstić information content (AvgIpc) is 3.21. The minimum atomic E-state index is -5.19. The molecule has 65 heavy (non-hydrogen) atoms. The van der Waals surface area contributed by atoms with Crippen LogP contribution >= 0.6 is 8.03 Å². The molecule has 0 spiro atoms. The molecule has 16 heteroatoms. The number of allylic oxidation sites excluding steroid dienone is 2. The maximum Gasteiger partial charge on any atom is 2.00 e. The van der Waals surface area contributed by atoms with Crippen molar-refractivity contribution in [3.05, 3.63) is 138 Å². The fourth-order valence-corrected chi connectivity index (χ4v) is 8.20. The van der Waals surface area contributed by atoms with Crippen LogP contribution in [0.3, 0.4) is 0 Å². The number of carbonyl (C=O) groups is 1. The molecule has 0 saturated heterocycles. The summed E-state index contributed by atoms with van der Waals surface area (Å²) in [6.45, 7) is 15.2. The molecule has 2 aliphatic carbocycles. The van der Waals surface area contributed by atoms with Crippen LogP contribution in [0.25, 0.3) is 55.2 Å². The molecule has 0 aliphatic heterocycles. The topological polar surface area (TPSA) is 165 Å². The zero-order chi connectivity index (χ0) is 48.3. The van der Waals surface area contributed by atoms with Crippen molar-refractivity contribution in [1.82, 2.24) is 0 Å². The molecule has 8 rings (SSSR count). The number of alkyl halides is 3. The number of hydrogen-bond donors (Lipinski definition) is 0. The second-order valence-electron chi connectivity index (χ2n) is 14.9. The van der Waals surface area contributed by atoms with Gasteiger partial charge in [-0.2, -0.15) is 26.0 Å². The Morgan fingerprint density at radius 1 is 0.692 bits per heavy atom. The Morgan fingerprint density at radius 2 is 1.12 bits per heavy atom. The van der Waals surface area contributed by atoms with Gasteiger partial charge < -0.3 is 28.3 Å². The van der Waals surface area contributed by atoms with Crippen molar-refractivity contribution in [3.8, 4) is 0 Å². The minimum Gasteiger partial charge on any atom is -0.542 e. The van der Waals surface area contributed by atoms with Crippen molar-refractivity contribution in [2.75, 3.05) is 35.3 Å². The van der Waals surface area contributed by atoms with Crippen molar-refractivity contribution in [2.24, 2.45) is 0 Å². The first-order valence-corrected chi connectivity index (χ1v) is 22.5. The summed E-state index contributed by atoms with van der Waals surface area (Å²) in [7, 11) is 2.57. The molecule has 6 aromatic rings. The van der Waals surface area contributed by atoms with Crippen LogP contribution in [0.4, 0.5) is 13.2 Å². The number of rotatable bonds is 2. The number of aryl methyl sites for hydroxylation is 2. The molecule has 0 amide bonds. The molecular formula is C49H53ClF3N2NiO8P. The third-order valence-electron chi connectivity index (χ3n) is 9.47. The van der Waals surface area contributed by atoms with Gasteiger partial charge in [0.05, 0.1) is 11.1 Å². The van der Waals surface area contributed by atoms with Gasteiger partial charge in [-0.05, 0) is 87.6 Å². The summed E-state index contributed by atoms with van der Waals surface area (Å²) in [6, 6.07) is 28.4. The second-order valence-corrected chi connectivity index (χ2v) is 17.1. The van der Waals surface area contributed by atoms with E-state index in [0.29, 0.717) is 0 Å². The van der Waals surface area contributed by atoms with E-state index in [0.717, 1.165) is 45.6 Å². The number of carbonyl (C=O) groups excluding carboxylic acids is 1. The average molecular weight is 980 g/mol. The first kappa shape index (κ1) is 56.4. The van der Waals surface area contributed by atoms with E-state index in [1.54, 1.807) is 0 Å². The maximum atomic E-state index is 12.8. The standard InChI is InChI=1S/C21H21NO2P.C20H18N.2C3H7.C2HF3O2.ClHO4.Ni/c1-13-8-9-15-18(12-13)14-6-5-7-16-19(22(2)3)11-10-17(20(14)16)21(15)25(23)24-4;1-13-7-8-14-12-15-9-10-19(21(2)3)17-6-4-5-16(20(15)17)18(14)11-13;2*1-3-2;3-2(4,5)1(6)7;2-1(3,4)5;/h5-12,25H,1-4H3;4-12H,1-3H3;2*1,3H2,2H3;(H,6,7);(H,2,3,4,5);/q2*+1;2*-1;;;+2/p-2. The fourth-order valence-electron chi connectivity index (χ4n) is 7.13. The van der Waals surface area contributed by atoms with Crippen LogP contribution in [0, 0.1) is 37.9 Å². The first-order chi connectivity index (χ1) is 29.9. The van der Waals surface area contributed by atoms with Gasteiger partial charge in [0.15, 0.2) is 0 Å². The Bertz CT molecular complexity index is 2800. The van der Waals surface area contributed by atoms with Gasteiger partial charge in [0.2, 0.25) is 19.5 Å². The quantitative estimate of drug-likeness (QED) is 0.0720. The van der Waals surface area contributed by atoms with E-state index in [2.05, 4.69) is 154 Å². The molecule has 0 radical (unpaired) electrons. The molecule has 10 nitrogen and oxygen atoms in total. The van der Waals surface area contributed by atoms with Gasteiger partial charge in [0, 0.05) is 35.3 Å². The van der Waals surface area contributed by atoms with E-state index < -0.39 is 30.4 Å². The summed E-state index contributed by atoms with van der Waals surface area (Å²) >= 11 is 0. The van der Waals surface area contributed by atoms with Crippen LogP contribution in [0.15, 0.2) is 91.0 Å². The van der Waals surface area contributed by atoms with E-state index >= 15 is 0 Å². The monoisotopic (exact) mass is 978 g/mol. The summed E-state index contributed by atoms with van der Waals surface area (Å²) in [4.78, 5) is 8.78. The Balaban J connectivity index is 0.000000326. The zero-order valence-electron chi connectivity index (χ0n) is 37.6. The van der Waals surface area contributed by atoms with Gasteiger partial charge in [-0.3, -0.25) is 4.57 Å². The largest absolute Gasteiger partial charge is 2.00 e. The summed E-state index contributed by atoms with van der Waals surface area (Å²) in [6.07, 6.45) is 5.45. The van der Waals surface area contributed by atoms with E-state index in [1.165, 1.54) is 67.6 Å². The summed E-state index contributed by atoms with van der Waals surface area (Å²) < 4.78 is 87.9. The maximum absolute atomic E-state index is 12.8. The molecular weight excluding hydrogens is 927 g/mol. The fraction of sp³-hybridized carbons (Fsp3) is 0.245. The number of hydrogen-bond acceptors (Lipinski definition) is 8. The van der Waals surface area contributed by atoms with Crippen LogP contribution in [0.1, 0.15) is 60.1 Å².